The van der Waals surface area contributed by atoms with Gasteiger partial charge in [0.05, 0.1) is 13.2 Å². The normalized spacial score (nSPS) is 17.3. The topological polar surface area (TPSA) is 64.8 Å². The van der Waals surface area contributed by atoms with Crippen molar-refractivity contribution in [3.8, 4) is 11.5 Å². The van der Waals surface area contributed by atoms with Gasteiger partial charge in [-0.15, -0.1) is 12.4 Å². The Morgan fingerprint density at radius 2 is 1.96 bits per heavy atom. The van der Waals surface area contributed by atoms with E-state index in [-0.39, 0.29) is 18.3 Å². The van der Waals surface area contributed by atoms with Gasteiger partial charge in [-0.25, -0.2) is 0 Å². The monoisotopic (exact) mass is 342 g/mol. The van der Waals surface area contributed by atoms with Crippen LogP contribution in [0.1, 0.15) is 37.0 Å². The highest BCUT2D eigenvalue weighted by molar-refractivity contribution is 5.95. The first kappa shape index (κ1) is 19.6. The van der Waals surface area contributed by atoms with Crippen molar-refractivity contribution < 1.29 is 14.3 Å². The first-order valence-electron chi connectivity index (χ1n) is 8.08. The molecule has 23 heavy (non-hydrogen) atoms. The largest absolute Gasteiger partial charge is 0.490 e. The highest BCUT2D eigenvalue weighted by Gasteiger charge is 2.24. The number of nitrogens with two attached hydrogens (primary N) is 1. The van der Waals surface area contributed by atoms with Crippen LogP contribution >= 0.6 is 12.4 Å². The fraction of sp³-hybridized carbons (Fsp3) is 0.588. The zero-order valence-electron chi connectivity index (χ0n) is 13.9. The lowest BCUT2D eigenvalue weighted by Gasteiger charge is -2.32. The van der Waals surface area contributed by atoms with Gasteiger partial charge in [0.25, 0.3) is 5.91 Å². The third-order valence-corrected chi connectivity index (χ3v) is 3.93. The summed E-state index contributed by atoms with van der Waals surface area (Å²) in [7, 11) is 0. The summed E-state index contributed by atoms with van der Waals surface area (Å²) in [6, 6.07) is 5.40. The summed E-state index contributed by atoms with van der Waals surface area (Å²) in [5, 5.41) is 0. The van der Waals surface area contributed by atoms with E-state index in [0.717, 1.165) is 25.9 Å². The van der Waals surface area contributed by atoms with E-state index in [2.05, 4.69) is 0 Å². The number of rotatable bonds is 6. The van der Waals surface area contributed by atoms with Crippen LogP contribution in [-0.4, -0.2) is 43.7 Å². The second-order valence-corrected chi connectivity index (χ2v) is 5.52. The van der Waals surface area contributed by atoms with Crippen molar-refractivity contribution in [2.45, 2.75) is 26.7 Å². The Bertz CT molecular complexity index is 511. The van der Waals surface area contributed by atoms with E-state index < -0.39 is 0 Å². The van der Waals surface area contributed by atoms with Crippen LogP contribution in [0.25, 0.3) is 0 Å². The number of hydrogen-bond acceptors (Lipinski definition) is 4. The third kappa shape index (κ3) is 5.01. The van der Waals surface area contributed by atoms with Crippen molar-refractivity contribution in [1.29, 1.82) is 0 Å². The Balaban J connectivity index is 0.00000264. The number of amides is 1. The molecule has 1 aromatic rings. The van der Waals surface area contributed by atoms with Crippen LogP contribution in [0.5, 0.6) is 11.5 Å². The molecule has 1 aliphatic rings. The fourth-order valence-electron chi connectivity index (χ4n) is 2.81. The number of likely N-dealkylation sites (tertiary alicyclic amines) is 1. The maximum absolute atomic E-state index is 12.7. The number of nitrogens with zero attached hydrogens (tertiary/aromatic N) is 1. The molecular formula is C17H27ClN2O3. The molecule has 2 rings (SSSR count). The van der Waals surface area contributed by atoms with E-state index in [0.29, 0.717) is 42.7 Å². The van der Waals surface area contributed by atoms with E-state index in [1.807, 2.05) is 30.9 Å². The van der Waals surface area contributed by atoms with Gasteiger partial charge in [-0.1, -0.05) is 0 Å². The molecule has 0 saturated carbocycles. The summed E-state index contributed by atoms with van der Waals surface area (Å²) >= 11 is 0. The maximum Gasteiger partial charge on any atom is 0.254 e. The first-order chi connectivity index (χ1) is 10.7. The van der Waals surface area contributed by atoms with Crippen molar-refractivity contribution >= 4 is 18.3 Å². The summed E-state index contributed by atoms with van der Waals surface area (Å²) in [6.45, 7) is 7.13. The average Bonchev–Trinajstić information content (AvgIpc) is 2.56. The molecule has 0 aromatic heterocycles. The molecule has 0 aliphatic carbocycles. The number of piperidine rings is 1. The Hall–Kier alpha value is -1.46. The molecule has 130 valence electrons. The van der Waals surface area contributed by atoms with Gasteiger partial charge in [0, 0.05) is 18.7 Å². The zero-order chi connectivity index (χ0) is 15.9. The Kier molecular flexibility index (Phi) is 8.20. The maximum atomic E-state index is 12.7. The van der Waals surface area contributed by atoms with Gasteiger partial charge in [0.1, 0.15) is 0 Å². The quantitative estimate of drug-likeness (QED) is 0.863. The van der Waals surface area contributed by atoms with Crippen molar-refractivity contribution in [3.63, 3.8) is 0 Å². The van der Waals surface area contributed by atoms with E-state index >= 15 is 0 Å². The number of carbonyl (C=O) groups is 1. The van der Waals surface area contributed by atoms with Gasteiger partial charge in [-0.2, -0.15) is 0 Å². The van der Waals surface area contributed by atoms with Gasteiger partial charge in [0.15, 0.2) is 11.5 Å². The molecule has 1 saturated heterocycles. The second-order valence-electron chi connectivity index (χ2n) is 5.52. The summed E-state index contributed by atoms with van der Waals surface area (Å²) in [6.07, 6.45) is 2.12. The lowest BCUT2D eigenvalue weighted by atomic mass is 9.97. The fourth-order valence-corrected chi connectivity index (χ4v) is 2.81. The van der Waals surface area contributed by atoms with Crippen LogP contribution in [0.15, 0.2) is 18.2 Å². The summed E-state index contributed by atoms with van der Waals surface area (Å²) in [5.41, 5.74) is 6.39. The highest BCUT2D eigenvalue weighted by Crippen LogP contribution is 2.29. The molecule has 6 heteroatoms. The number of benzene rings is 1. The molecule has 1 heterocycles. The van der Waals surface area contributed by atoms with Crippen molar-refractivity contribution in [1.82, 2.24) is 4.90 Å². The summed E-state index contributed by atoms with van der Waals surface area (Å²) in [5.74, 6) is 1.76. The highest BCUT2D eigenvalue weighted by atomic mass is 35.5. The molecule has 1 amide bonds. The Morgan fingerprint density at radius 3 is 2.61 bits per heavy atom. The average molecular weight is 343 g/mol. The lowest BCUT2D eigenvalue weighted by Crippen LogP contribution is -2.42. The Labute approximate surface area is 144 Å². The molecule has 5 nitrogen and oxygen atoms in total. The van der Waals surface area contributed by atoms with Crippen LogP contribution in [0.3, 0.4) is 0 Å². The lowest BCUT2D eigenvalue weighted by molar-refractivity contribution is 0.0677. The van der Waals surface area contributed by atoms with Crippen LogP contribution < -0.4 is 15.2 Å². The zero-order valence-corrected chi connectivity index (χ0v) is 14.7. The molecule has 1 aliphatic heterocycles. The Morgan fingerprint density at radius 1 is 1.26 bits per heavy atom. The van der Waals surface area contributed by atoms with Gasteiger partial charge in [-0.05, 0) is 57.4 Å². The van der Waals surface area contributed by atoms with Crippen LogP contribution in [0, 0.1) is 5.92 Å². The second kappa shape index (κ2) is 9.63. The summed E-state index contributed by atoms with van der Waals surface area (Å²) in [4.78, 5) is 14.6. The van der Waals surface area contributed by atoms with E-state index in [4.69, 9.17) is 15.2 Å². The van der Waals surface area contributed by atoms with E-state index in [9.17, 15) is 4.79 Å². The van der Waals surface area contributed by atoms with Crippen molar-refractivity contribution in [2.75, 3.05) is 32.8 Å². The van der Waals surface area contributed by atoms with Gasteiger partial charge >= 0.3 is 0 Å². The molecule has 1 fully saturated rings. The number of ether oxygens (including phenoxy) is 2. The smallest absolute Gasteiger partial charge is 0.254 e. The minimum Gasteiger partial charge on any atom is -0.490 e. The minimum atomic E-state index is 0. The SMILES string of the molecule is CCOc1ccc(C(=O)N2CCCC(CN)C2)cc1OCC.Cl. The number of carbonyl (C=O) groups excluding carboxylic acids is 1. The van der Waals surface area contributed by atoms with Crippen molar-refractivity contribution in [3.05, 3.63) is 23.8 Å². The van der Waals surface area contributed by atoms with E-state index in [1.54, 1.807) is 6.07 Å². The molecule has 0 bridgehead atoms. The van der Waals surface area contributed by atoms with Crippen molar-refractivity contribution in [2.24, 2.45) is 11.7 Å². The molecule has 0 radical (unpaired) electrons. The minimum absolute atomic E-state index is 0. The first-order valence-corrected chi connectivity index (χ1v) is 8.08. The van der Waals surface area contributed by atoms with Gasteiger partial charge in [0.2, 0.25) is 0 Å². The van der Waals surface area contributed by atoms with Crippen LogP contribution in [0.2, 0.25) is 0 Å². The van der Waals surface area contributed by atoms with E-state index in [1.165, 1.54) is 0 Å². The standard InChI is InChI=1S/C17H26N2O3.ClH/c1-3-21-15-8-7-14(10-16(15)22-4-2)17(20)19-9-5-6-13(11-18)12-19;/h7-8,10,13H,3-6,9,11-12,18H2,1-2H3;1H. The van der Waals surface area contributed by atoms with Crippen LogP contribution in [0.4, 0.5) is 0 Å². The predicted molar refractivity (Wildman–Crippen MR) is 93.7 cm³/mol. The molecule has 2 N–H and O–H groups in total. The predicted octanol–water partition coefficient (Wildman–Crippen LogP) is 2.72. The molecule has 1 unspecified atom stereocenters. The van der Waals surface area contributed by atoms with Gasteiger partial charge in [-0.3, -0.25) is 4.79 Å². The number of halogens is 1. The molecule has 0 spiro atoms. The third-order valence-electron chi connectivity index (χ3n) is 3.93. The van der Waals surface area contributed by atoms with Gasteiger partial charge < -0.3 is 20.1 Å². The molecule has 1 aromatic carbocycles. The summed E-state index contributed by atoms with van der Waals surface area (Å²) < 4.78 is 11.1. The molecule has 1 atom stereocenters. The molecular weight excluding hydrogens is 316 g/mol. The number of hydrogen-bond donors (Lipinski definition) is 1. The van der Waals surface area contributed by atoms with Crippen LogP contribution in [-0.2, 0) is 0 Å².